The molecule has 0 bridgehead atoms. The Hall–Kier alpha value is -1.91. The van der Waals surface area contributed by atoms with Crippen LogP contribution in [0.5, 0.6) is 0 Å². The van der Waals surface area contributed by atoms with E-state index >= 15 is 0 Å². The topological polar surface area (TPSA) is 63.5 Å². The second kappa shape index (κ2) is 33.6. The molecular formula is C43H78N2O3. The minimum Gasteiger partial charge on any atom is -0.339 e. The lowest BCUT2D eigenvalue weighted by Crippen LogP contribution is -2.33. The van der Waals surface area contributed by atoms with E-state index in [0.29, 0.717) is 5.56 Å². The quantitative estimate of drug-likeness (QED) is 0.0405. The average molecular weight is 671 g/mol. The summed E-state index contributed by atoms with van der Waals surface area (Å²) in [5.41, 5.74) is 0.433. The van der Waals surface area contributed by atoms with E-state index in [1.807, 2.05) is 4.90 Å². The normalized spacial score (nSPS) is 11.3. The summed E-state index contributed by atoms with van der Waals surface area (Å²) in [4.78, 5) is 26.3. The Morgan fingerprint density at radius 1 is 0.500 bits per heavy atom. The summed E-state index contributed by atoms with van der Waals surface area (Å²) in [6.07, 6.45) is 42.7. The number of hydrogen-bond acceptors (Lipinski definition) is 3. The van der Waals surface area contributed by atoms with Crippen molar-refractivity contribution in [3.05, 3.63) is 39.9 Å². The van der Waals surface area contributed by atoms with Gasteiger partial charge in [0.2, 0.25) is 0 Å². The van der Waals surface area contributed by atoms with Gasteiger partial charge in [0.15, 0.2) is 0 Å². The molecule has 0 N–H and O–H groups in total. The van der Waals surface area contributed by atoms with Crippen LogP contribution in [0, 0.1) is 10.1 Å². The van der Waals surface area contributed by atoms with Crippen molar-refractivity contribution in [3.63, 3.8) is 0 Å². The number of non-ortho nitro benzene ring substituents is 1. The highest BCUT2D eigenvalue weighted by molar-refractivity contribution is 5.94. The van der Waals surface area contributed by atoms with Gasteiger partial charge in [-0.1, -0.05) is 213 Å². The molecule has 1 rings (SSSR count). The number of nitro benzene ring substituents is 1. The second-order valence-corrected chi connectivity index (χ2v) is 14.7. The monoisotopic (exact) mass is 671 g/mol. The van der Waals surface area contributed by atoms with Crippen LogP contribution in [0.1, 0.15) is 230 Å². The maximum atomic E-state index is 13.4. The highest BCUT2D eigenvalue weighted by Gasteiger charge is 2.18. The van der Waals surface area contributed by atoms with E-state index in [1.165, 1.54) is 192 Å². The van der Waals surface area contributed by atoms with Crippen LogP contribution in [0.2, 0.25) is 0 Å². The zero-order valence-corrected chi connectivity index (χ0v) is 32.0. The van der Waals surface area contributed by atoms with E-state index in [1.54, 1.807) is 12.1 Å². The smallest absolute Gasteiger partial charge is 0.270 e. The average Bonchev–Trinajstić information content (AvgIpc) is 3.10. The Morgan fingerprint density at radius 2 is 0.792 bits per heavy atom. The van der Waals surface area contributed by atoms with Crippen molar-refractivity contribution in [2.75, 3.05) is 13.1 Å². The van der Waals surface area contributed by atoms with Gasteiger partial charge in [0.05, 0.1) is 4.92 Å². The van der Waals surface area contributed by atoms with Gasteiger partial charge < -0.3 is 4.90 Å². The van der Waals surface area contributed by atoms with E-state index in [0.717, 1.165) is 38.8 Å². The number of nitrogens with zero attached hydrogens (tertiary/aromatic N) is 2. The number of amides is 1. The number of rotatable bonds is 36. The third-order valence-corrected chi connectivity index (χ3v) is 10.2. The third-order valence-electron chi connectivity index (χ3n) is 10.2. The van der Waals surface area contributed by atoms with E-state index in [-0.39, 0.29) is 11.6 Å². The van der Waals surface area contributed by atoms with Gasteiger partial charge in [-0.2, -0.15) is 0 Å². The molecule has 0 fully saturated rings. The van der Waals surface area contributed by atoms with Crippen LogP contribution >= 0.6 is 0 Å². The zero-order chi connectivity index (χ0) is 34.8. The molecule has 0 unspecified atom stereocenters. The maximum absolute atomic E-state index is 13.4. The predicted octanol–water partition coefficient (Wildman–Crippen LogP) is 14.6. The molecule has 0 heterocycles. The number of carbonyl (C=O) groups is 1. The van der Waals surface area contributed by atoms with Gasteiger partial charge in [-0.25, -0.2) is 0 Å². The van der Waals surface area contributed by atoms with Crippen molar-refractivity contribution in [2.24, 2.45) is 0 Å². The molecule has 0 saturated carbocycles. The fourth-order valence-corrected chi connectivity index (χ4v) is 6.95. The second-order valence-electron chi connectivity index (χ2n) is 14.7. The van der Waals surface area contributed by atoms with Crippen LogP contribution < -0.4 is 0 Å². The Kier molecular flexibility index (Phi) is 30.9. The molecule has 48 heavy (non-hydrogen) atoms. The zero-order valence-electron chi connectivity index (χ0n) is 32.0. The Labute approximate surface area is 298 Å². The first kappa shape index (κ1) is 44.1. The van der Waals surface area contributed by atoms with Gasteiger partial charge in [0, 0.05) is 30.8 Å². The summed E-state index contributed by atoms with van der Waals surface area (Å²) >= 11 is 0. The Balaban J connectivity index is 2.20. The van der Waals surface area contributed by atoms with Gasteiger partial charge in [-0.15, -0.1) is 0 Å². The number of nitro groups is 1. The van der Waals surface area contributed by atoms with Crippen LogP contribution in [0.25, 0.3) is 0 Å². The van der Waals surface area contributed by atoms with Gasteiger partial charge in [0.25, 0.3) is 11.6 Å². The molecule has 0 aliphatic rings. The first-order valence-corrected chi connectivity index (χ1v) is 21.1. The summed E-state index contributed by atoms with van der Waals surface area (Å²) in [6.45, 7) is 6.06. The van der Waals surface area contributed by atoms with Crippen molar-refractivity contribution in [2.45, 2.75) is 219 Å². The van der Waals surface area contributed by atoms with Crippen LogP contribution in [-0.2, 0) is 0 Å². The van der Waals surface area contributed by atoms with Gasteiger partial charge >= 0.3 is 0 Å². The lowest BCUT2D eigenvalue weighted by Gasteiger charge is -2.23. The number of unbranched alkanes of at least 4 members (excludes halogenated alkanes) is 30. The van der Waals surface area contributed by atoms with Crippen LogP contribution in [-0.4, -0.2) is 28.8 Å². The van der Waals surface area contributed by atoms with Crippen molar-refractivity contribution in [3.8, 4) is 0 Å². The van der Waals surface area contributed by atoms with Gasteiger partial charge in [-0.05, 0) is 18.9 Å². The number of benzene rings is 1. The first-order valence-electron chi connectivity index (χ1n) is 21.1. The van der Waals surface area contributed by atoms with Crippen molar-refractivity contribution >= 4 is 11.6 Å². The molecule has 1 amide bonds. The molecule has 0 radical (unpaired) electrons. The van der Waals surface area contributed by atoms with E-state index < -0.39 is 4.92 Å². The highest BCUT2D eigenvalue weighted by Crippen LogP contribution is 2.18. The minimum atomic E-state index is -0.410. The summed E-state index contributed by atoms with van der Waals surface area (Å²) in [5.74, 6) is -0.0550. The molecule has 5 heteroatoms. The van der Waals surface area contributed by atoms with E-state index in [2.05, 4.69) is 13.8 Å². The van der Waals surface area contributed by atoms with Crippen molar-refractivity contribution in [1.82, 2.24) is 4.90 Å². The SMILES string of the molecule is CCCCCCCCCCCCCCCCCCN(CCCCCCCCCCCCCCCCCC)C(=O)c1cccc([N+](=O)[O-])c1. The third kappa shape index (κ3) is 26.0. The summed E-state index contributed by atoms with van der Waals surface area (Å²) < 4.78 is 0. The predicted molar refractivity (Wildman–Crippen MR) is 208 cm³/mol. The molecule has 0 aromatic heterocycles. The van der Waals surface area contributed by atoms with Gasteiger partial charge in [0.1, 0.15) is 0 Å². The fraction of sp³-hybridized carbons (Fsp3) is 0.837. The first-order chi connectivity index (χ1) is 23.6. The molecule has 1 aromatic rings. The molecule has 0 saturated heterocycles. The largest absolute Gasteiger partial charge is 0.339 e. The van der Waals surface area contributed by atoms with Crippen LogP contribution in [0.15, 0.2) is 24.3 Å². The molecule has 0 atom stereocenters. The summed E-state index contributed by atoms with van der Waals surface area (Å²) in [6, 6.07) is 6.26. The molecule has 278 valence electrons. The van der Waals surface area contributed by atoms with Crippen LogP contribution in [0.3, 0.4) is 0 Å². The number of hydrogen-bond donors (Lipinski definition) is 0. The number of carbonyl (C=O) groups excluding carboxylic acids is 1. The molecule has 0 aliphatic heterocycles. The Morgan fingerprint density at radius 3 is 1.08 bits per heavy atom. The molecular weight excluding hydrogens is 592 g/mol. The van der Waals surface area contributed by atoms with E-state index in [9.17, 15) is 14.9 Å². The van der Waals surface area contributed by atoms with Crippen LogP contribution in [0.4, 0.5) is 5.69 Å². The molecule has 5 nitrogen and oxygen atoms in total. The standard InChI is InChI=1S/C43H78N2O3/c1-3-5-7-9-11-13-15-17-19-21-23-25-27-29-31-33-38-44(43(46)41-36-35-37-42(40-41)45(47)48)39-34-32-30-28-26-24-22-20-18-16-14-12-10-8-6-4-2/h35-37,40H,3-34,38-39H2,1-2H3. The lowest BCUT2D eigenvalue weighted by atomic mass is 10.0. The Bertz CT molecular complexity index is 837. The van der Waals surface area contributed by atoms with Crippen molar-refractivity contribution < 1.29 is 9.72 Å². The minimum absolute atomic E-state index is 0.00869. The molecule has 1 aromatic carbocycles. The lowest BCUT2D eigenvalue weighted by molar-refractivity contribution is -0.384. The maximum Gasteiger partial charge on any atom is 0.270 e. The summed E-state index contributed by atoms with van der Waals surface area (Å²) in [7, 11) is 0. The van der Waals surface area contributed by atoms with E-state index in [4.69, 9.17) is 0 Å². The highest BCUT2D eigenvalue weighted by atomic mass is 16.6. The molecule has 0 spiro atoms. The fourth-order valence-electron chi connectivity index (χ4n) is 6.95. The molecule has 0 aliphatic carbocycles. The van der Waals surface area contributed by atoms with Crippen molar-refractivity contribution in [1.29, 1.82) is 0 Å². The summed E-state index contributed by atoms with van der Waals surface area (Å²) in [5, 5.41) is 11.3. The van der Waals surface area contributed by atoms with Gasteiger partial charge in [-0.3, -0.25) is 14.9 Å².